The first-order valence-corrected chi connectivity index (χ1v) is 12.0. The molecular weight excluding hydrogens is 438 g/mol. The number of rotatable bonds is 4. The van der Waals surface area contributed by atoms with Crippen LogP contribution in [0.15, 0.2) is 54.6 Å². The molecule has 0 radical (unpaired) electrons. The highest BCUT2D eigenvalue weighted by molar-refractivity contribution is 6.30. The Balaban J connectivity index is 1.36. The smallest absolute Gasteiger partial charge is 0.253 e. The second-order valence-electron chi connectivity index (χ2n) is 9.63. The molecule has 0 bridgehead atoms. The number of ether oxygens (including phenoxy) is 1. The molecule has 0 N–H and O–H groups in total. The van der Waals surface area contributed by atoms with Crippen molar-refractivity contribution in [2.75, 3.05) is 44.7 Å². The van der Waals surface area contributed by atoms with Crippen molar-refractivity contribution in [1.82, 2.24) is 9.80 Å². The van der Waals surface area contributed by atoms with E-state index < -0.39 is 11.1 Å². The van der Waals surface area contributed by atoms with E-state index in [0.717, 1.165) is 25.1 Å². The molecule has 1 spiro atoms. The summed E-state index contributed by atoms with van der Waals surface area (Å²) in [7, 11) is 2.07. The Labute approximate surface area is 200 Å². The number of carbonyl (C=O) groups excluding carboxylic acids is 2. The van der Waals surface area contributed by atoms with E-state index in [9.17, 15) is 9.59 Å². The van der Waals surface area contributed by atoms with Crippen LogP contribution in [0.1, 0.15) is 24.8 Å². The summed E-state index contributed by atoms with van der Waals surface area (Å²) >= 11 is 6.17. The van der Waals surface area contributed by atoms with Crippen LogP contribution in [0.4, 0.5) is 5.69 Å². The van der Waals surface area contributed by atoms with Crippen molar-refractivity contribution in [3.63, 3.8) is 0 Å². The zero-order valence-electron chi connectivity index (χ0n) is 19.0. The van der Waals surface area contributed by atoms with Gasteiger partial charge in [-0.05, 0) is 63.0 Å². The van der Waals surface area contributed by atoms with Gasteiger partial charge in [0.2, 0.25) is 5.91 Å². The molecule has 0 aromatic heterocycles. The molecule has 5 rings (SSSR count). The van der Waals surface area contributed by atoms with Gasteiger partial charge in [0.05, 0.1) is 13.1 Å². The average molecular weight is 468 g/mol. The summed E-state index contributed by atoms with van der Waals surface area (Å²) in [5.74, 6) is 0.0989. The minimum absolute atomic E-state index is 0.0175. The summed E-state index contributed by atoms with van der Waals surface area (Å²) in [6.45, 7) is 2.51. The summed E-state index contributed by atoms with van der Waals surface area (Å²) in [5, 5.41) is 0.594. The average Bonchev–Trinajstić information content (AvgIpc) is 3.40. The first kappa shape index (κ1) is 22.4. The predicted molar refractivity (Wildman–Crippen MR) is 128 cm³/mol. The van der Waals surface area contributed by atoms with Gasteiger partial charge in [0, 0.05) is 17.3 Å². The molecule has 7 heteroatoms. The van der Waals surface area contributed by atoms with Gasteiger partial charge in [0.25, 0.3) is 5.91 Å². The number of carbonyl (C=O) groups is 2. The highest BCUT2D eigenvalue weighted by Gasteiger charge is 2.52. The molecule has 0 saturated carbocycles. The Bertz CT molecular complexity index is 1050. The molecule has 0 aliphatic carbocycles. The monoisotopic (exact) mass is 467 g/mol. The Morgan fingerprint density at radius 2 is 1.88 bits per heavy atom. The fourth-order valence-electron chi connectivity index (χ4n) is 5.67. The molecule has 2 aromatic carbocycles. The second-order valence-corrected chi connectivity index (χ2v) is 10.1. The van der Waals surface area contributed by atoms with Gasteiger partial charge in [0.15, 0.2) is 0 Å². The number of hydrogen-bond donors (Lipinski definition) is 0. The predicted octanol–water partition coefficient (Wildman–Crippen LogP) is 3.38. The lowest BCUT2D eigenvalue weighted by Gasteiger charge is -2.41. The highest BCUT2D eigenvalue weighted by atomic mass is 35.5. The van der Waals surface area contributed by atoms with Gasteiger partial charge in [-0.25, -0.2) is 0 Å². The number of anilines is 1. The van der Waals surface area contributed by atoms with Gasteiger partial charge in [-0.1, -0.05) is 48.0 Å². The Morgan fingerprint density at radius 3 is 2.61 bits per heavy atom. The summed E-state index contributed by atoms with van der Waals surface area (Å²) in [6, 6.07) is 17.6. The largest absolute Gasteiger partial charge is 0.361 e. The molecule has 2 amide bonds. The quantitative estimate of drug-likeness (QED) is 0.691. The fraction of sp³-hybridized carbons (Fsp3) is 0.462. The summed E-state index contributed by atoms with van der Waals surface area (Å²) < 4.78 is 6.11. The van der Waals surface area contributed by atoms with Crippen molar-refractivity contribution in [3.8, 4) is 0 Å². The van der Waals surface area contributed by atoms with Crippen LogP contribution in [0.5, 0.6) is 0 Å². The van der Waals surface area contributed by atoms with Crippen molar-refractivity contribution in [2.45, 2.75) is 36.8 Å². The molecule has 174 valence electrons. The zero-order valence-corrected chi connectivity index (χ0v) is 19.8. The summed E-state index contributed by atoms with van der Waals surface area (Å²) in [4.78, 5) is 32.6. The minimum atomic E-state index is -0.545. The first-order chi connectivity index (χ1) is 15.9. The SMILES string of the molecule is CN1CCCC1(Cc1ccccc1)C(=O)N1CCC2(C1)CN(c1cccc(Cl)c1)C(=O)CO2. The Hall–Kier alpha value is -2.41. The van der Waals surface area contributed by atoms with Crippen LogP contribution in [0, 0.1) is 0 Å². The zero-order chi connectivity index (χ0) is 23.1. The molecule has 3 aliphatic heterocycles. The maximum absolute atomic E-state index is 14.0. The summed E-state index contributed by atoms with van der Waals surface area (Å²) in [5.41, 5.74) is 0.886. The third kappa shape index (κ3) is 4.16. The Kier molecular flexibility index (Phi) is 5.93. The standard InChI is InChI=1S/C26H30ClN3O3/c1-28-13-6-11-26(28,16-20-7-3-2-4-8-20)24(32)29-14-12-25(18-29)19-30(23(31)17-33-25)22-10-5-9-21(27)15-22/h2-5,7-10,15H,6,11-14,16-19H2,1H3. The van der Waals surface area contributed by atoms with E-state index in [2.05, 4.69) is 24.1 Å². The van der Waals surface area contributed by atoms with Crippen LogP contribution in [-0.4, -0.2) is 72.6 Å². The van der Waals surface area contributed by atoms with Gasteiger partial charge in [-0.2, -0.15) is 0 Å². The van der Waals surface area contributed by atoms with E-state index in [4.69, 9.17) is 16.3 Å². The van der Waals surface area contributed by atoms with Crippen LogP contribution in [0.3, 0.4) is 0 Å². The molecule has 2 atom stereocenters. The third-order valence-electron chi connectivity index (χ3n) is 7.52. The van der Waals surface area contributed by atoms with Crippen molar-refractivity contribution in [1.29, 1.82) is 0 Å². The van der Waals surface area contributed by atoms with Gasteiger partial charge in [-0.15, -0.1) is 0 Å². The van der Waals surface area contributed by atoms with E-state index in [0.29, 0.717) is 37.5 Å². The lowest BCUT2D eigenvalue weighted by molar-refractivity contribution is -0.145. The number of nitrogens with zero attached hydrogens (tertiary/aromatic N) is 3. The normalized spacial score (nSPS) is 28.1. The molecular formula is C26H30ClN3O3. The number of likely N-dealkylation sites (N-methyl/N-ethyl adjacent to an activating group) is 1. The fourth-order valence-corrected chi connectivity index (χ4v) is 5.85. The maximum atomic E-state index is 14.0. The first-order valence-electron chi connectivity index (χ1n) is 11.7. The van der Waals surface area contributed by atoms with Crippen LogP contribution in [0.25, 0.3) is 0 Å². The molecule has 3 saturated heterocycles. The number of halogens is 1. The van der Waals surface area contributed by atoms with Crippen molar-refractivity contribution >= 4 is 29.1 Å². The van der Waals surface area contributed by atoms with Crippen LogP contribution >= 0.6 is 11.6 Å². The molecule has 2 unspecified atom stereocenters. The van der Waals surface area contributed by atoms with Gasteiger partial charge in [0.1, 0.15) is 17.7 Å². The lowest BCUT2D eigenvalue weighted by atomic mass is 9.86. The topological polar surface area (TPSA) is 53.1 Å². The van der Waals surface area contributed by atoms with Crippen LogP contribution in [0.2, 0.25) is 5.02 Å². The van der Waals surface area contributed by atoms with Crippen molar-refractivity contribution in [3.05, 3.63) is 65.2 Å². The van der Waals surface area contributed by atoms with Crippen molar-refractivity contribution < 1.29 is 14.3 Å². The summed E-state index contributed by atoms with van der Waals surface area (Å²) in [6.07, 6.45) is 3.30. The third-order valence-corrected chi connectivity index (χ3v) is 7.76. The van der Waals surface area contributed by atoms with E-state index in [1.165, 1.54) is 5.56 Å². The molecule has 3 heterocycles. The lowest BCUT2D eigenvalue weighted by Crippen LogP contribution is -2.59. The molecule has 3 aliphatic rings. The van der Waals surface area contributed by atoms with Gasteiger partial charge < -0.3 is 14.5 Å². The van der Waals surface area contributed by atoms with Gasteiger partial charge >= 0.3 is 0 Å². The number of benzene rings is 2. The van der Waals surface area contributed by atoms with E-state index >= 15 is 0 Å². The number of hydrogen-bond acceptors (Lipinski definition) is 4. The van der Waals surface area contributed by atoms with E-state index in [-0.39, 0.29) is 18.4 Å². The van der Waals surface area contributed by atoms with Gasteiger partial charge in [-0.3, -0.25) is 14.5 Å². The van der Waals surface area contributed by atoms with E-state index in [1.54, 1.807) is 17.0 Å². The number of morpholine rings is 1. The Morgan fingerprint density at radius 1 is 1.06 bits per heavy atom. The molecule has 33 heavy (non-hydrogen) atoms. The van der Waals surface area contributed by atoms with Crippen LogP contribution in [-0.2, 0) is 20.7 Å². The van der Waals surface area contributed by atoms with Crippen LogP contribution < -0.4 is 4.90 Å². The van der Waals surface area contributed by atoms with E-state index in [1.807, 2.05) is 35.2 Å². The minimum Gasteiger partial charge on any atom is -0.361 e. The molecule has 3 fully saturated rings. The molecule has 2 aromatic rings. The maximum Gasteiger partial charge on any atom is 0.253 e. The van der Waals surface area contributed by atoms with Crippen molar-refractivity contribution in [2.24, 2.45) is 0 Å². The molecule has 6 nitrogen and oxygen atoms in total. The number of amides is 2. The number of likely N-dealkylation sites (tertiary alicyclic amines) is 2. The second kappa shape index (κ2) is 8.75. The highest BCUT2D eigenvalue weighted by Crippen LogP contribution is 2.38.